The highest BCUT2D eigenvalue weighted by Crippen LogP contribution is 2.06. The molecule has 0 aliphatic carbocycles. The van der Waals surface area contributed by atoms with E-state index in [2.05, 4.69) is 25.7 Å². The summed E-state index contributed by atoms with van der Waals surface area (Å²) in [7, 11) is 1.72. The number of nitrogens with zero attached hydrogens (tertiary/aromatic N) is 4. The summed E-state index contributed by atoms with van der Waals surface area (Å²) in [5.41, 5.74) is 2.02. The maximum atomic E-state index is 13.2. The van der Waals surface area contributed by atoms with E-state index in [1.807, 2.05) is 30.5 Å². The number of guanidine groups is 1. The Morgan fingerprint density at radius 3 is 2.81 bits per heavy atom. The molecule has 0 saturated heterocycles. The van der Waals surface area contributed by atoms with Gasteiger partial charge < -0.3 is 10.6 Å². The highest BCUT2D eigenvalue weighted by molar-refractivity contribution is 5.79. The Morgan fingerprint density at radius 2 is 2.04 bits per heavy atom. The molecule has 3 rings (SSSR count). The summed E-state index contributed by atoms with van der Waals surface area (Å²) in [6, 6.07) is 12.4. The van der Waals surface area contributed by atoms with Gasteiger partial charge in [-0.25, -0.2) is 14.1 Å². The van der Waals surface area contributed by atoms with Gasteiger partial charge in [0.1, 0.15) is 5.82 Å². The Labute approximate surface area is 151 Å². The number of halogens is 1. The molecule has 1 aromatic carbocycles. The molecule has 0 radical (unpaired) electrons. The molecule has 0 aliphatic heterocycles. The second kappa shape index (κ2) is 8.75. The standard InChI is InChI=1S/C19H21FN6/c1-21-19(23-10-6-15-4-2-5-17(20)12-15)24-14-16-7-9-22-18(13-16)26-11-3-8-25-26/h2-5,7-9,11-13H,6,10,14H2,1H3,(H2,21,23,24). The zero-order valence-electron chi connectivity index (χ0n) is 14.6. The number of pyridine rings is 1. The normalized spacial score (nSPS) is 11.4. The molecule has 2 aromatic heterocycles. The highest BCUT2D eigenvalue weighted by Gasteiger charge is 2.02. The maximum absolute atomic E-state index is 13.2. The molecule has 0 spiro atoms. The van der Waals surface area contributed by atoms with E-state index in [1.165, 1.54) is 6.07 Å². The molecule has 0 saturated carbocycles. The first-order chi connectivity index (χ1) is 12.7. The third kappa shape index (κ3) is 4.89. The minimum absolute atomic E-state index is 0.212. The van der Waals surface area contributed by atoms with Gasteiger partial charge in [-0.1, -0.05) is 12.1 Å². The van der Waals surface area contributed by atoms with Crippen molar-refractivity contribution in [1.29, 1.82) is 0 Å². The number of benzene rings is 1. The van der Waals surface area contributed by atoms with Gasteiger partial charge in [0, 0.05) is 38.7 Å². The molecule has 0 fully saturated rings. The van der Waals surface area contributed by atoms with Gasteiger partial charge in [-0.2, -0.15) is 5.10 Å². The Kier molecular flexibility index (Phi) is 5.92. The van der Waals surface area contributed by atoms with Gasteiger partial charge in [-0.05, 0) is 47.9 Å². The van der Waals surface area contributed by atoms with Gasteiger partial charge in [-0.15, -0.1) is 0 Å². The fourth-order valence-corrected chi connectivity index (χ4v) is 2.52. The molecule has 0 aliphatic rings. The first-order valence-corrected chi connectivity index (χ1v) is 8.38. The van der Waals surface area contributed by atoms with E-state index >= 15 is 0 Å². The third-order valence-corrected chi connectivity index (χ3v) is 3.83. The van der Waals surface area contributed by atoms with Gasteiger partial charge >= 0.3 is 0 Å². The lowest BCUT2D eigenvalue weighted by Crippen LogP contribution is -2.37. The molecule has 0 atom stereocenters. The predicted molar refractivity (Wildman–Crippen MR) is 99.7 cm³/mol. The maximum Gasteiger partial charge on any atom is 0.191 e. The lowest BCUT2D eigenvalue weighted by Gasteiger charge is -2.12. The Bertz CT molecular complexity index is 860. The number of hydrogen-bond acceptors (Lipinski definition) is 3. The first-order valence-electron chi connectivity index (χ1n) is 8.38. The van der Waals surface area contributed by atoms with Crippen LogP contribution in [0.25, 0.3) is 5.82 Å². The molecule has 134 valence electrons. The second-order valence-electron chi connectivity index (χ2n) is 5.71. The number of nitrogens with one attached hydrogen (secondary N) is 2. The summed E-state index contributed by atoms with van der Waals surface area (Å²) < 4.78 is 14.9. The molecule has 0 unspecified atom stereocenters. The summed E-state index contributed by atoms with van der Waals surface area (Å²) in [6.45, 7) is 1.27. The van der Waals surface area contributed by atoms with Crippen molar-refractivity contribution in [2.45, 2.75) is 13.0 Å². The minimum Gasteiger partial charge on any atom is -0.356 e. The molecule has 26 heavy (non-hydrogen) atoms. The monoisotopic (exact) mass is 352 g/mol. The smallest absolute Gasteiger partial charge is 0.191 e. The van der Waals surface area contributed by atoms with Crippen molar-refractivity contribution in [3.63, 3.8) is 0 Å². The van der Waals surface area contributed by atoms with Crippen molar-refractivity contribution in [2.24, 2.45) is 4.99 Å². The fraction of sp³-hybridized carbons (Fsp3) is 0.211. The van der Waals surface area contributed by atoms with Gasteiger partial charge in [0.05, 0.1) is 0 Å². The summed E-state index contributed by atoms with van der Waals surface area (Å²) in [6.07, 6.45) is 6.05. The van der Waals surface area contributed by atoms with Crippen LogP contribution in [0.3, 0.4) is 0 Å². The second-order valence-corrected chi connectivity index (χ2v) is 5.71. The fourth-order valence-electron chi connectivity index (χ4n) is 2.52. The van der Waals surface area contributed by atoms with Crippen LogP contribution in [0.5, 0.6) is 0 Å². The van der Waals surface area contributed by atoms with Crippen LogP contribution in [0.2, 0.25) is 0 Å². The molecular formula is C19H21FN6. The molecule has 6 nitrogen and oxygen atoms in total. The molecule has 2 heterocycles. The summed E-state index contributed by atoms with van der Waals surface area (Å²) in [5.74, 6) is 1.25. The van der Waals surface area contributed by atoms with Crippen molar-refractivity contribution in [1.82, 2.24) is 25.4 Å². The lowest BCUT2D eigenvalue weighted by atomic mass is 10.1. The SMILES string of the molecule is CN=C(NCCc1cccc(F)c1)NCc1ccnc(-n2cccn2)c1. The average molecular weight is 352 g/mol. The number of aliphatic imine (C=N–C) groups is 1. The third-order valence-electron chi connectivity index (χ3n) is 3.83. The number of aromatic nitrogens is 3. The van der Waals surface area contributed by atoms with E-state index in [9.17, 15) is 4.39 Å². The first kappa shape index (κ1) is 17.6. The van der Waals surface area contributed by atoms with Gasteiger partial charge in [-0.3, -0.25) is 4.99 Å². The zero-order chi connectivity index (χ0) is 18.2. The van der Waals surface area contributed by atoms with Crippen molar-refractivity contribution in [3.8, 4) is 5.82 Å². The Balaban J connectivity index is 1.50. The Morgan fingerprint density at radius 1 is 1.12 bits per heavy atom. The van der Waals surface area contributed by atoms with E-state index in [0.717, 1.165) is 23.4 Å². The van der Waals surface area contributed by atoms with Gasteiger partial charge in [0.15, 0.2) is 11.8 Å². The van der Waals surface area contributed by atoms with E-state index in [0.29, 0.717) is 19.0 Å². The van der Waals surface area contributed by atoms with Crippen LogP contribution in [0.15, 0.2) is 66.0 Å². The molecule has 2 N–H and O–H groups in total. The zero-order valence-corrected chi connectivity index (χ0v) is 14.6. The van der Waals surface area contributed by atoms with Crippen molar-refractivity contribution >= 4 is 5.96 Å². The van der Waals surface area contributed by atoms with Crippen molar-refractivity contribution in [3.05, 3.63) is 78.0 Å². The topological polar surface area (TPSA) is 67.1 Å². The summed E-state index contributed by atoms with van der Waals surface area (Å²) in [5, 5.41) is 10.7. The van der Waals surface area contributed by atoms with Gasteiger partial charge in [0.25, 0.3) is 0 Å². The van der Waals surface area contributed by atoms with E-state index in [-0.39, 0.29) is 5.82 Å². The Hall–Kier alpha value is -3.22. The lowest BCUT2D eigenvalue weighted by molar-refractivity contribution is 0.625. The number of rotatable bonds is 6. The van der Waals surface area contributed by atoms with E-state index < -0.39 is 0 Å². The minimum atomic E-state index is -0.212. The number of hydrogen-bond donors (Lipinski definition) is 2. The predicted octanol–water partition coefficient (Wildman–Crippen LogP) is 2.31. The average Bonchev–Trinajstić information content (AvgIpc) is 3.20. The van der Waals surface area contributed by atoms with Crippen molar-refractivity contribution < 1.29 is 4.39 Å². The largest absolute Gasteiger partial charge is 0.356 e. The molecule has 0 bridgehead atoms. The summed E-state index contributed by atoms with van der Waals surface area (Å²) in [4.78, 5) is 8.53. The highest BCUT2D eigenvalue weighted by atomic mass is 19.1. The molecule has 7 heteroatoms. The van der Waals surface area contributed by atoms with Crippen LogP contribution in [-0.2, 0) is 13.0 Å². The summed E-state index contributed by atoms with van der Waals surface area (Å²) >= 11 is 0. The quantitative estimate of drug-likeness (QED) is 0.528. The van der Waals surface area contributed by atoms with E-state index in [4.69, 9.17) is 0 Å². The van der Waals surface area contributed by atoms with Crippen LogP contribution in [-0.4, -0.2) is 34.3 Å². The molecular weight excluding hydrogens is 331 g/mol. The van der Waals surface area contributed by atoms with Crippen LogP contribution >= 0.6 is 0 Å². The molecule has 3 aromatic rings. The van der Waals surface area contributed by atoms with E-state index in [1.54, 1.807) is 36.3 Å². The van der Waals surface area contributed by atoms with Crippen LogP contribution in [0, 0.1) is 5.82 Å². The van der Waals surface area contributed by atoms with Crippen LogP contribution < -0.4 is 10.6 Å². The van der Waals surface area contributed by atoms with Crippen LogP contribution in [0.1, 0.15) is 11.1 Å². The van der Waals surface area contributed by atoms with Crippen molar-refractivity contribution in [2.75, 3.05) is 13.6 Å². The molecule has 0 amide bonds. The van der Waals surface area contributed by atoms with Gasteiger partial charge in [0.2, 0.25) is 0 Å². The van der Waals surface area contributed by atoms with Crippen LogP contribution in [0.4, 0.5) is 4.39 Å².